The van der Waals surface area contributed by atoms with E-state index in [1.54, 1.807) is 34.4 Å². The van der Waals surface area contributed by atoms with Gasteiger partial charge in [-0.25, -0.2) is 15.5 Å². The summed E-state index contributed by atoms with van der Waals surface area (Å²) < 4.78 is 7.44. The average Bonchev–Trinajstić information content (AvgIpc) is 3.14. The highest BCUT2D eigenvalue weighted by atomic mass is 35.5. The van der Waals surface area contributed by atoms with Gasteiger partial charge in [-0.15, -0.1) is 16.4 Å². The van der Waals surface area contributed by atoms with Crippen LogP contribution in [0.1, 0.15) is 11.1 Å². The molecule has 0 fully saturated rings. The smallest absolute Gasteiger partial charge is 0.233 e. The lowest BCUT2D eigenvalue weighted by molar-refractivity contribution is 0.291. The zero-order valence-corrected chi connectivity index (χ0v) is 14.3. The third-order valence-corrected chi connectivity index (χ3v) is 4.51. The monoisotopic (exact) mass is 349 g/mol. The first-order chi connectivity index (χ1) is 11.0. The van der Waals surface area contributed by atoms with E-state index in [-0.39, 0.29) is 0 Å². The molecule has 0 aliphatic heterocycles. The highest BCUT2D eigenvalue weighted by Gasteiger charge is 2.11. The summed E-state index contributed by atoms with van der Waals surface area (Å²) >= 11 is 7.25. The van der Waals surface area contributed by atoms with Gasteiger partial charge in [0.15, 0.2) is 0 Å². The van der Waals surface area contributed by atoms with Crippen molar-refractivity contribution in [2.24, 2.45) is 5.84 Å². The van der Waals surface area contributed by atoms with Crippen LogP contribution < -0.4 is 15.6 Å². The van der Waals surface area contributed by atoms with Crippen LogP contribution >= 0.6 is 22.9 Å². The second-order valence-electron chi connectivity index (χ2n) is 5.02. The molecule has 0 spiro atoms. The zero-order chi connectivity index (χ0) is 16.4. The molecule has 0 aliphatic rings. The van der Waals surface area contributed by atoms with Crippen molar-refractivity contribution >= 4 is 28.6 Å². The number of nitrogens with zero attached hydrogens (tertiary/aromatic N) is 4. The fraction of sp³-hybridized carbons (Fsp3) is 0.200. The van der Waals surface area contributed by atoms with Gasteiger partial charge in [-0.3, -0.25) is 0 Å². The minimum Gasteiger partial charge on any atom is -0.472 e. The van der Waals surface area contributed by atoms with Crippen molar-refractivity contribution in [3.05, 3.63) is 52.1 Å². The number of aryl methyl sites for hydroxylation is 1. The predicted molar refractivity (Wildman–Crippen MR) is 92.3 cm³/mol. The van der Waals surface area contributed by atoms with Crippen LogP contribution in [0.15, 0.2) is 35.8 Å². The SMILES string of the molecule is Cc1cccc(N(C)N)c1COc1ccn(-c2nc(Cl)cs2)n1. The van der Waals surface area contributed by atoms with E-state index in [0.29, 0.717) is 22.8 Å². The molecule has 0 amide bonds. The number of nitrogens with two attached hydrogens (primary N) is 1. The molecule has 0 aliphatic carbocycles. The van der Waals surface area contributed by atoms with Crippen molar-refractivity contribution in [3.8, 4) is 11.0 Å². The third-order valence-electron chi connectivity index (χ3n) is 3.35. The Balaban J connectivity index is 1.76. The van der Waals surface area contributed by atoms with E-state index in [9.17, 15) is 0 Å². The molecule has 0 unspecified atom stereocenters. The van der Waals surface area contributed by atoms with Crippen LogP contribution in [0, 0.1) is 6.92 Å². The van der Waals surface area contributed by atoms with Gasteiger partial charge in [-0.1, -0.05) is 23.7 Å². The number of benzene rings is 1. The maximum atomic E-state index is 5.87. The molecule has 0 radical (unpaired) electrons. The normalized spacial score (nSPS) is 10.8. The summed E-state index contributed by atoms with van der Waals surface area (Å²) in [5.41, 5.74) is 3.08. The number of halogens is 1. The quantitative estimate of drug-likeness (QED) is 0.566. The molecular formula is C15H16ClN5OS. The number of hydrazine groups is 1. The van der Waals surface area contributed by atoms with E-state index in [0.717, 1.165) is 16.8 Å². The topological polar surface area (TPSA) is 69.2 Å². The van der Waals surface area contributed by atoms with Crippen molar-refractivity contribution in [1.29, 1.82) is 0 Å². The number of ether oxygens (including phenoxy) is 1. The molecule has 23 heavy (non-hydrogen) atoms. The highest BCUT2D eigenvalue weighted by molar-refractivity contribution is 7.12. The first-order valence-corrected chi connectivity index (χ1v) is 8.17. The molecule has 0 saturated carbocycles. The molecule has 2 heterocycles. The lowest BCUT2D eigenvalue weighted by Crippen LogP contribution is -2.26. The van der Waals surface area contributed by atoms with Crippen LogP contribution in [0.2, 0.25) is 5.15 Å². The van der Waals surface area contributed by atoms with Crippen molar-refractivity contribution in [2.45, 2.75) is 13.5 Å². The Morgan fingerprint density at radius 2 is 2.22 bits per heavy atom. The summed E-state index contributed by atoms with van der Waals surface area (Å²) in [6.45, 7) is 2.42. The third kappa shape index (κ3) is 3.47. The number of hydrogen-bond acceptors (Lipinski definition) is 6. The molecular weight excluding hydrogens is 334 g/mol. The average molecular weight is 350 g/mol. The van der Waals surface area contributed by atoms with Gasteiger partial charge in [0.25, 0.3) is 0 Å². The van der Waals surface area contributed by atoms with E-state index in [4.69, 9.17) is 22.2 Å². The van der Waals surface area contributed by atoms with E-state index in [1.807, 2.05) is 25.1 Å². The predicted octanol–water partition coefficient (Wildman–Crippen LogP) is 3.18. The largest absolute Gasteiger partial charge is 0.472 e. The first kappa shape index (κ1) is 15.8. The van der Waals surface area contributed by atoms with E-state index in [2.05, 4.69) is 10.1 Å². The Labute approximate surface area is 143 Å². The molecule has 0 atom stereocenters. The molecule has 0 bridgehead atoms. The standard InChI is InChI=1S/C15H16ClN5OS/c1-10-4-3-5-12(20(2)17)11(10)8-22-14-6-7-21(19-14)15-18-13(16)9-23-15/h3-7,9H,8,17H2,1-2H3. The van der Waals surface area contributed by atoms with Gasteiger partial charge < -0.3 is 9.75 Å². The van der Waals surface area contributed by atoms with Crippen molar-refractivity contribution in [2.75, 3.05) is 12.1 Å². The summed E-state index contributed by atoms with van der Waals surface area (Å²) in [5.74, 6) is 6.39. The van der Waals surface area contributed by atoms with Gasteiger partial charge in [0.05, 0.1) is 5.69 Å². The van der Waals surface area contributed by atoms with Crippen molar-refractivity contribution in [1.82, 2.24) is 14.8 Å². The van der Waals surface area contributed by atoms with Crippen molar-refractivity contribution < 1.29 is 4.74 Å². The summed E-state index contributed by atoms with van der Waals surface area (Å²) in [6.07, 6.45) is 1.79. The molecule has 0 saturated heterocycles. The molecule has 3 rings (SSSR count). The molecule has 120 valence electrons. The van der Waals surface area contributed by atoms with Gasteiger partial charge in [-0.05, 0) is 18.6 Å². The summed E-state index contributed by atoms with van der Waals surface area (Å²) in [4.78, 5) is 4.17. The molecule has 2 N–H and O–H groups in total. The fourth-order valence-electron chi connectivity index (χ4n) is 2.19. The Bertz CT molecular complexity index is 814. The van der Waals surface area contributed by atoms with Gasteiger partial charge >= 0.3 is 0 Å². The summed E-state index contributed by atoms with van der Waals surface area (Å²) in [6, 6.07) is 7.75. The Kier molecular flexibility index (Phi) is 4.51. The number of hydrogen-bond donors (Lipinski definition) is 1. The molecule has 6 nitrogen and oxygen atoms in total. The van der Waals surface area contributed by atoms with Crippen LogP contribution in [0.5, 0.6) is 5.88 Å². The second kappa shape index (κ2) is 6.57. The van der Waals surface area contributed by atoms with Gasteiger partial charge in [0.2, 0.25) is 11.0 Å². The molecule has 2 aromatic heterocycles. The number of rotatable bonds is 5. The minimum atomic E-state index is 0.388. The van der Waals surface area contributed by atoms with Crippen LogP contribution in [0.3, 0.4) is 0 Å². The van der Waals surface area contributed by atoms with Gasteiger partial charge in [0, 0.05) is 30.3 Å². The highest BCUT2D eigenvalue weighted by Crippen LogP contribution is 2.24. The fourth-order valence-corrected chi connectivity index (χ4v) is 3.07. The number of aromatic nitrogens is 3. The molecule has 1 aromatic carbocycles. The maximum Gasteiger partial charge on any atom is 0.233 e. The van der Waals surface area contributed by atoms with Gasteiger partial charge in [-0.2, -0.15) is 0 Å². The van der Waals surface area contributed by atoms with E-state index >= 15 is 0 Å². The molecule has 8 heteroatoms. The van der Waals surface area contributed by atoms with Crippen LogP contribution in [0.25, 0.3) is 5.13 Å². The Hall–Kier alpha value is -2.09. The van der Waals surface area contributed by atoms with Gasteiger partial charge in [0.1, 0.15) is 11.8 Å². The van der Waals surface area contributed by atoms with Crippen LogP contribution in [-0.2, 0) is 6.61 Å². The Morgan fingerprint density at radius 1 is 1.39 bits per heavy atom. The first-order valence-electron chi connectivity index (χ1n) is 6.91. The number of anilines is 1. The summed E-state index contributed by atoms with van der Waals surface area (Å²) in [7, 11) is 1.80. The molecule has 3 aromatic rings. The lowest BCUT2D eigenvalue weighted by atomic mass is 10.1. The second-order valence-corrected chi connectivity index (χ2v) is 6.25. The summed E-state index contributed by atoms with van der Waals surface area (Å²) in [5, 5.41) is 8.85. The van der Waals surface area contributed by atoms with E-state index < -0.39 is 0 Å². The van der Waals surface area contributed by atoms with E-state index in [1.165, 1.54) is 11.3 Å². The zero-order valence-electron chi connectivity index (χ0n) is 12.7. The number of thiazole rings is 1. The van der Waals surface area contributed by atoms with Crippen LogP contribution in [0.4, 0.5) is 5.69 Å². The lowest BCUT2D eigenvalue weighted by Gasteiger charge is -2.18. The Morgan fingerprint density at radius 3 is 2.91 bits per heavy atom. The van der Waals surface area contributed by atoms with Crippen LogP contribution in [-0.4, -0.2) is 21.8 Å². The minimum absolute atomic E-state index is 0.388. The van der Waals surface area contributed by atoms with Crippen molar-refractivity contribution in [3.63, 3.8) is 0 Å². The maximum absolute atomic E-state index is 5.87.